The molecule has 6 unspecified atom stereocenters. The molecule has 8 nitrogen and oxygen atoms in total. The molecule has 2 saturated carbocycles. The molecule has 42 heavy (non-hydrogen) atoms. The molecular formula is C33H38FN7O. The zero-order chi connectivity index (χ0) is 28.8. The van der Waals surface area contributed by atoms with Crippen LogP contribution in [0.25, 0.3) is 0 Å². The lowest BCUT2D eigenvalue weighted by molar-refractivity contribution is -0.127. The summed E-state index contributed by atoms with van der Waals surface area (Å²) in [5.41, 5.74) is 7.96. The third-order valence-electron chi connectivity index (χ3n) is 10.6. The SMILES string of the molecule is CC1(C(=O)C2C=NN(c3ncc(F)cn3)C2C2CCN(Cc3ccc(N)nc3)CC2)C2CCC(c3ccccc3)CC21. The smallest absolute Gasteiger partial charge is 0.246 e. The van der Waals surface area contributed by atoms with Crippen LogP contribution in [0, 0.1) is 34.9 Å². The number of nitrogens with two attached hydrogens (primary N) is 1. The lowest BCUT2D eigenvalue weighted by Gasteiger charge is -2.39. The van der Waals surface area contributed by atoms with Crippen molar-refractivity contribution in [3.8, 4) is 0 Å². The number of hydrazone groups is 1. The minimum absolute atomic E-state index is 0.173. The number of Topliss-reactive ketones (excluding diaryl/α,β-unsaturated/α-hetero) is 1. The first-order chi connectivity index (χ1) is 20.4. The van der Waals surface area contributed by atoms with Crippen LogP contribution < -0.4 is 10.7 Å². The van der Waals surface area contributed by atoms with Crippen molar-refractivity contribution < 1.29 is 9.18 Å². The Morgan fingerprint density at radius 3 is 2.45 bits per heavy atom. The van der Waals surface area contributed by atoms with Crippen LogP contribution >= 0.6 is 0 Å². The molecule has 2 aliphatic heterocycles. The summed E-state index contributed by atoms with van der Waals surface area (Å²) in [7, 11) is 0. The fourth-order valence-electron chi connectivity index (χ4n) is 8.19. The van der Waals surface area contributed by atoms with Gasteiger partial charge in [0.25, 0.3) is 0 Å². The number of carbonyl (C=O) groups is 1. The number of carbonyl (C=O) groups excluding carboxylic acids is 1. The normalized spacial score (nSPS) is 31.2. The molecule has 4 heterocycles. The number of benzene rings is 1. The van der Waals surface area contributed by atoms with E-state index in [2.05, 4.69) is 57.1 Å². The van der Waals surface area contributed by atoms with E-state index in [0.29, 0.717) is 35.3 Å². The number of hydrogen-bond acceptors (Lipinski definition) is 8. The van der Waals surface area contributed by atoms with Crippen LogP contribution in [0.4, 0.5) is 16.2 Å². The zero-order valence-electron chi connectivity index (χ0n) is 24.0. The van der Waals surface area contributed by atoms with Gasteiger partial charge in [0.2, 0.25) is 5.95 Å². The zero-order valence-corrected chi connectivity index (χ0v) is 24.0. The van der Waals surface area contributed by atoms with Crippen molar-refractivity contribution in [3.63, 3.8) is 0 Å². The first kappa shape index (κ1) is 27.1. The third-order valence-corrected chi connectivity index (χ3v) is 10.6. The fourth-order valence-corrected chi connectivity index (χ4v) is 8.19. The van der Waals surface area contributed by atoms with E-state index in [1.807, 2.05) is 24.5 Å². The largest absolute Gasteiger partial charge is 0.384 e. The highest BCUT2D eigenvalue weighted by molar-refractivity contribution is 6.03. The lowest BCUT2D eigenvalue weighted by Crippen LogP contribution is -2.48. The molecule has 0 amide bonds. The predicted molar refractivity (Wildman–Crippen MR) is 160 cm³/mol. The number of rotatable bonds is 7. The average Bonchev–Trinajstić information content (AvgIpc) is 3.39. The number of halogens is 1. The number of hydrogen-bond donors (Lipinski definition) is 1. The van der Waals surface area contributed by atoms with Crippen molar-refractivity contribution in [2.24, 2.45) is 34.2 Å². The first-order valence-corrected chi connectivity index (χ1v) is 15.2. The van der Waals surface area contributed by atoms with Crippen LogP contribution in [-0.2, 0) is 11.3 Å². The molecule has 9 heteroatoms. The Morgan fingerprint density at radius 2 is 1.74 bits per heavy atom. The molecule has 3 aromatic rings. The van der Waals surface area contributed by atoms with Gasteiger partial charge in [0, 0.05) is 24.4 Å². The van der Waals surface area contributed by atoms with E-state index in [4.69, 9.17) is 10.8 Å². The van der Waals surface area contributed by atoms with E-state index in [9.17, 15) is 9.18 Å². The molecule has 2 aliphatic carbocycles. The van der Waals surface area contributed by atoms with Gasteiger partial charge in [-0.15, -0.1) is 0 Å². The standard InChI is InChI=1S/C33H38FN7O/c1-33(27-9-8-24(15-28(27)33)22-5-3-2-4-6-22)31(42)26-19-39-41(32-37-17-25(34)18-38-32)30(26)23-11-13-40(14-12-23)20-21-7-10-29(35)36-16-21/h2-7,10,16-19,23-24,26-28,30H,8-9,11-15,20H2,1H3,(H2,35,36). The van der Waals surface area contributed by atoms with E-state index in [0.717, 1.165) is 57.3 Å². The van der Waals surface area contributed by atoms with Crippen LogP contribution in [0.15, 0.2) is 66.2 Å². The van der Waals surface area contributed by atoms with Crippen molar-refractivity contribution >= 4 is 23.8 Å². The Labute approximate surface area is 246 Å². The topological polar surface area (TPSA) is 101 Å². The molecular weight excluding hydrogens is 529 g/mol. The number of anilines is 2. The molecule has 1 saturated heterocycles. The highest BCUT2D eigenvalue weighted by atomic mass is 19.1. The molecule has 2 N–H and O–H groups in total. The highest BCUT2D eigenvalue weighted by Crippen LogP contribution is 2.68. The van der Waals surface area contributed by atoms with Gasteiger partial charge in [0.05, 0.1) is 24.4 Å². The maximum absolute atomic E-state index is 14.5. The summed E-state index contributed by atoms with van der Waals surface area (Å²) in [6.45, 7) is 4.83. The predicted octanol–water partition coefficient (Wildman–Crippen LogP) is 5.08. The number of piperidine rings is 1. The van der Waals surface area contributed by atoms with E-state index in [1.54, 1.807) is 5.01 Å². The number of nitrogens with zero attached hydrogens (tertiary/aromatic N) is 6. The molecule has 0 bridgehead atoms. The van der Waals surface area contributed by atoms with E-state index < -0.39 is 5.82 Å². The fraction of sp³-hybridized carbons (Fsp3) is 0.485. The molecule has 0 spiro atoms. The van der Waals surface area contributed by atoms with Gasteiger partial charge in [0.1, 0.15) is 11.6 Å². The number of likely N-dealkylation sites (tertiary alicyclic amines) is 1. The van der Waals surface area contributed by atoms with Crippen molar-refractivity contribution in [3.05, 3.63) is 78.0 Å². The minimum Gasteiger partial charge on any atom is -0.384 e. The number of ketones is 1. The van der Waals surface area contributed by atoms with Gasteiger partial charge in [-0.1, -0.05) is 43.3 Å². The van der Waals surface area contributed by atoms with Gasteiger partial charge >= 0.3 is 0 Å². The van der Waals surface area contributed by atoms with Gasteiger partial charge < -0.3 is 5.73 Å². The summed E-state index contributed by atoms with van der Waals surface area (Å²) in [5, 5.41) is 6.52. The Kier molecular flexibility index (Phi) is 7.00. The van der Waals surface area contributed by atoms with E-state index in [-0.39, 0.29) is 23.3 Å². The molecule has 1 aromatic carbocycles. The Balaban J connectivity index is 1.09. The summed E-state index contributed by atoms with van der Waals surface area (Å²) in [5.74, 6) is 1.96. The van der Waals surface area contributed by atoms with Crippen LogP contribution in [0.3, 0.4) is 0 Å². The molecule has 0 radical (unpaired) electrons. The van der Waals surface area contributed by atoms with E-state index >= 15 is 0 Å². The Hall–Kier alpha value is -3.72. The third kappa shape index (κ3) is 4.87. The van der Waals surface area contributed by atoms with Crippen molar-refractivity contribution in [2.75, 3.05) is 23.8 Å². The number of nitrogen functional groups attached to an aromatic ring is 1. The molecule has 6 atom stereocenters. The molecule has 3 fully saturated rings. The minimum atomic E-state index is -0.487. The lowest BCUT2D eigenvalue weighted by atomic mass is 9.77. The van der Waals surface area contributed by atoms with Gasteiger partial charge in [0.15, 0.2) is 5.82 Å². The van der Waals surface area contributed by atoms with Crippen LogP contribution in [0.2, 0.25) is 0 Å². The highest BCUT2D eigenvalue weighted by Gasteiger charge is 2.68. The van der Waals surface area contributed by atoms with Gasteiger partial charge in [-0.25, -0.2) is 24.4 Å². The maximum Gasteiger partial charge on any atom is 0.246 e. The summed E-state index contributed by atoms with van der Waals surface area (Å²) in [4.78, 5) is 29.7. The van der Waals surface area contributed by atoms with Crippen molar-refractivity contribution in [1.29, 1.82) is 0 Å². The van der Waals surface area contributed by atoms with Gasteiger partial charge in [-0.2, -0.15) is 5.10 Å². The van der Waals surface area contributed by atoms with Crippen LogP contribution in [0.5, 0.6) is 0 Å². The molecule has 218 valence electrons. The second-order valence-electron chi connectivity index (χ2n) is 12.8. The van der Waals surface area contributed by atoms with Gasteiger partial charge in [-0.3, -0.25) is 9.69 Å². The summed E-state index contributed by atoms with van der Waals surface area (Å²) >= 11 is 0. The quantitative estimate of drug-likeness (QED) is 0.425. The second kappa shape index (κ2) is 10.8. The summed E-state index contributed by atoms with van der Waals surface area (Å²) < 4.78 is 13.7. The molecule has 2 aromatic heterocycles. The summed E-state index contributed by atoms with van der Waals surface area (Å²) in [6, 6.07) is 14.4. The first-order valence-electron chi connectivity index (χ1n) is 15.2. The van der Waals surface area contributed by atoms with Gasteiger partial charge in [-0.05, 0) is 86.1 Å². The average molecular weight is 568 g/mol. The Morgan fingerprint density at radius 1 is 0.976 bits per heavy atom. The number of aromatic nitrogens is 3. The van der Waals surface area contributed by atoms with Crippen molar-refractivity contribution in [2.45, 2.75) is 57.5 Å². The van der Waals surface area contributed by atoms with Crippen LogP contribution in [0.1, 0.15) is 56.1 Å². The Bertz CT molecular complexity index is 1440. The van der Waals surface area contributed by atoms with Crippen molar-refractivity contribution in [1.82, 2.24) is 19.9 Å². The number of fused-ring (bicyclic) bond motifs is 1. The number of pyridine rings is 1. The molecule has 4 aliphatic rings. The van der Waals surface area contributed by atoms with E-state index in [1.165, 1.54) is 18.0 Å². The van der Waals surface area contributed by atoms with Crippen LogP contribution in [-0.4, -0.2) is 51.0 Å². The monoisotopic (exact) mass is 567 g/mol. The summed E-state index contributed by atoms with van der Waals surface area (Å²) in [6.07, 6.45) is 11.2. The molecule has 7 rings (SSSR count). The maximum atomic E-state index is 14.5. The second-order valence-corrected chi connectivity index (χ2v) is 12.8.